The van der Waals surface area contributed by atoms with Crippen molar-refractivity contribution in [2.24, 2.45) is 0 Å². The lowest BCUT2D eigenvalue weighted by Crippen LogP contribution is -2.30. The van der Waals surface area contributed by atoms with Gasteiger partial charge in [-0.05, 0) is 30.5 Å². The molecule has 134 valence electrons. The van der Waals surface area contributed by atoms with Crippen LogP contribution in [0.3, 0.4) is 0 Å². The zero-order valence-electron chi connectivity index (χ0n) is 14.1. The first kappa shape index (κ1) is 18.8. The number of phenolic OH excluding ortho intramolecular Hbond substituents is 1. The van der Waals surface area contributed by atoms with Gasteiger partial charge in [-0.15, -0.1) is 0 Å². The van der Waals surface area contributed by atoms with Gasteiger partial charge in [0.15, 0.2) is 0 Å². The first-order chi connectivity index (χ1) is 12.0. The molecule has 0 aromatic heterocycles. The Bertz CT molecular complexity index is 669. The Kier molecular flexibility index (Phi) is 6.80. The number of alkyl carbamates (subject to hydrolysis) is 1. The van der Waals surface area contributed by atoms with Crippen LogP contribution < -0.4 is 5.32 Å². The number of rotatable bonds is 7. The van der Waals surface area contributed by atoms with E-state index in [1.807, 2.05) is 30.3 Å². The van der Waals surface area contributed by atoms with E-state index in [9.17, 15) is 20.1 Å². The fourth-order valence-electron chi connectivity index (χ4n) is 2.50. The molecule has 2 aromatic carbocycles. The summed E-state index contributed by atoms with van der Waals surface area (Å²) >= 11 is 0. The Labute approximate surface area is 146 Å². The van der Waals surface area contributed by atoms with E-state index in [1.54, 1.807) is 19.1 Å². The van der Waals surface area contributed by atoms with Gasteiger partial charge in [-0.25, -0.2) is 4.79 Å². The Morgan fingerprint density at radius 3 is 2.52 bits per heavy atom. The van der Waals surface area contributed by atoms with Crippen molar-refractivity contribution in [3.8, 4) is 5.75 Å². The second kappa shape index (κ2) is 9.05. The summed E-state index contributed by atoms with van der Waals surface area (Å²) in [6, 6.07) is 14.1. The second-order valence-electron chi connectivity index (χ2n) is 5.80. The average Bonchev–Trinajstić information content (AvgIpc) is 2.60. The molecular formula is C19H23NO5. The van der Waals surface area contributed by atoms with Gasteiger partial charge in [-0.1, -0.05) is 42.5 Å². The summed E-state index contributed by atoms with van der Waals surface area (Å²) in [6.45, 7) is 2.04. The molecule has 1 amide bonds. The predicted octanol–water partition coefficient (Wildman–Crippen LogP) is 2.41. The summed E-state index contributed by atoms with van der Waals surface area (Å²) in [7, 11) is 0. The average molecular weight is 345 g/mol. The van der Waals surface area contributed by atoms with Gasteiger partial charge in [0.05, 0.1) is 6.10 Å². The van der Waals surface area contributed by atoms with Gasteiger partial charge in [0.25, 0.3) is 0 Å². The minimum Gasteiger partial charge on any atom is -0.508 e. The van der Waals surface area contributed by atoms with E-state index in [1.165, 1.54) is 6.07 Å². The molecule has 0 bridgehead atoms. The van der Waals surface area contributed by atoms with Crippen molar-refractivity contribution >= 4 is 6.09 Å². The van der Waals surface area contributed by atoms with Crippen molar-refractivity contribution in [2.45, 2.75) is 32.2 Å². The first-order valence-corrected chi connectivity index (χ1v) is 8.08. The fourth-order valence-corrected chi connectivity index (χ4v) is 2.50. The monoisotopic (exact) mass is 345 g/mol. The molecule has 0 aliphatic carbocycles. The van der Waals surface area contributed by atoms with Gasteiger partial charge >= 0.3 is 6.09 Å². The number of carbonyl (C=O) groups is 1. The number of carbonyl (C=O) groups excluding carboxylic acids is 1. The number of amides is 1. The maximum absolute atomic E-state index is 11.6. The van der Waals surface area contributed by atoms with Crippen LogP contribution in [0, 0.1) is 6.92 Å². The topological polar surface area (TPSA) is 99.0 Å². The van der Waals surface area contributed by atoms with E-state index >= 15 is 0 Å². The number of hydrogen-bond donors (Lipinski definition) is 4. The molecule has 0 aliphatic rings. The number of aromatic hydroxyl groups is 1. The van der Waals surface area contributed by atoms with Crippen molar-refractivity contribution in [3.05, 3.63) is 65.2 Å². The quantitative estimate of drug-likeness (QED) is 0.618. The number of aliphatic hydroxyl groups excluding tert-OH is 2. The summed E-state index contributed by atoms with van der Waals surface area (Å²) < 4.78 is 5.06. The third-order valence-corrected chi connectivity index (χ3v) is 3.88. The van der Waals surface area contributed by atoms with Gasteiger partial charge < -0.3 is 25.4 Å². The SMILES string of the molecule is Cc1cccc(O)c1C(O)C(O)CCNC(=O)OCc1ccccc1. The lowest BCUT2D eigenvalue weighted by Gasteiger charge is -2.21. The van der Waals surface area contributed by atoms with E-state index in [0.717, 1.165) is 5.56 Å². The molecule has 6 nitrogen and oxygen atoms in total. The van der Waals surface area contributed by atoms with Crippen LogP contribution in [0.5, 0.6) is 5.75 Å². The largest absolute Gasteiger partial charge is 0.508 e. The lowest BCUT2D eigenvalue weighted by atomic mass is 9.97. The molecule has 25 heavy (non-hydrogen) atoms. The number of aliphatic hydroxyl groups is 2. The number of phenols is 1. The molecule has 6 heteroatoms. The fraction of sp³-hybridized carbons (Fsp3) is 0.316. The lowest BCUT2D eigenvalue weighted by molar-refractivity contribution is 0.0120. The van der Waals surface area contributed by atoms with Gasteiger partial charge in [-0.2, -0.15) is 0 Å². The molecule has 0 fully saturated rings. The van der Waals surface area contributed by atoms with E-state index < -0.39 is 18.3 Å². The molecule has 0 saturated carbocycles. The molecule has 0 saturated heterocycles. The highest BCUT2D eigenvalue weighted by Crippen LogP contribution is 2.30. The maximum atomic E-state index is 11.6. The van der Waals surface area contributed by atoms with Crippen LogP contribution in [-0.4, -0.2) is 34.1 Å². The van der Waals surface area contributed by atoms with Crippen LogP contribution in [0.2, 0.25) is 0 Å². The summed E-state index contributed by atoms with van der Waals surface area (Å²) in [5.74, 6) is -0.0678. The van der Waals surface area contributed by atoms with Crippen LogP contribution in [0.1, 0.15) is 29.2 Å². The van der Waals surface area contributed by atoms with Crippen LogP contribution in [-0.2, 0) is 11.3 Å². The van der Waals surface area contributed by atoms with Crippen LogP contribution in [0.4, 0.5) is 4.79 Å². The van der Waals surface area contributed by atoms with Crippen molar-refractivity contribution in [3.63, 3.8) is 0 Å². The van der Waals surface area contributed by atoms with E-state index in [4.69, 9.17) is 4.74 Å². The summed E-state index contributed by atoms with van der Waals surface area (Å²) in [5.41, 5.74) is 1.85. The van der Waals surface area contributed by atoms with Crippen molar-refractivity contribution < 1.29 is 24.9 Å². The molecule has 0 heterocycles. The maximum Gasteiger partial charge on any atom is 0.407 e. The van der Waals surface area contributed by atoms with E-state index in [2.05, 4.69) is 5.32 Å². The zero-order valence-corrected chi connectivity index (χ0v) is 14.1. The second-order valence-corrected chi connectivity index (χ2v) is 5.80. The third kappa shape index (κ3) is 5.48. The zero-order chi connectivity index (χ0) is 18.2. The van der Waals surface area contributed by atoms with Crippen molar-refractivity contribution in [1.29, 1.82) is 0 Å². The summed E-state index contributed by atoms with van der Waals surface area (Å²) in [6.07, 6.45) is -2.83. The first-order valence-electron chi connectivity index (χ1n) is 8.08. The molecule has 2 aromatic rings. The Balaban J connectivity index is 1.76. The normalized spacial score (nSPS) is 13.1. The Hall–Kier alpha value is -2.57. The number of nitrogens with one attached hydrogen (secondary N) is 1. The highest BCUT2D eigenvalue weighted by molar-refractivity contribution is 5.67. The third-order valence-electron chi connectivity index (χ3n) is 3.88. The number of aryl methyl sites for hydroxylation is 1. The minimum absolute atomic E-state index is 0.0678. The van der Waals surface area contributed by atoms with Crippen molar-refractivity contribution in [2.75, 3.05) is 6.54 Å². The van der Waals surface area contributed by atoms with Crippen LogP contribution in [0.15, 0.2) is 48.5 Å². The molecule has 2 unspecified atom stereocenters. The molecule has 0 radical (unpaired) electrons. The smallest absolute Gasteiger partial charge is 0.407 e. The molecule has 4 N–H and O–H groups in total. The van der Waals surface area contributed by atoms with Gasteiger partial charge in [0.2, 0.25) is 0 Å². The summed E-state index contributed by atoms with van der Waals surface area (Å²) in [5, 5.41) is 32.7. The molecule has 2 atom stereocenters. The van der Waals surface area contributed by atoms with Gasteiger partial charge in [0, 0.05) is 12.1 Å². The molecule has 2 rings (SSSR count). The number of benzene rings is 2. The number of ether oxygens (including phenoxy) is 1. The highest BCUT2D eigenvalue weighted by Gasteiger charge is 2.22. The predicted molar refractivity (Wildman–Crippen MR) is 93.1 cm³/mol. The number of hydrogen-bond acceptors (Lipinski definition) is 5. The van der Waals surface area contributed by atoms with Gasteiger partial charge in [0.1, 0.15) is 18.5 Å². The molecule has 0 spiro atoms. The highest BCUT2D eigenvalue weighted by atomic mass is 16.5. The molecule has 0 aliphatic heterocycles. The van der Waals surface area contributed by atoms with Crippen molar-refractivity contribution in [1.82, 2.24) is 5.32 Å². The standard InChI is InChI=1S/C19H23NO5/c1-13-6-5-9-15(21)17(13)18(23)16(22)10-11-20-19(24)25-12-14-7-3-2-4-8-14/h2-9,16,18,21-23H,10-12H2,1H3,(H,20,24). The van der Waals surface area contributed by atoms with E-state index in [-0.39, 0.29) is 25.3 Å². The Morgan fingerprint density at radius 1 is 1.12 bits per heavy atom. The minimum atomic E-state index is -1.23. The van der Waals surface area contributed by atoms with Crippen LogP contribution in [0.25, 0.3) is 0 Å². The molecular weight excluding hydrogens is 322 g/mol. The summed E-state index contributed by atoms with van der Waals surface area (Å²) in [4.78, 5) is 11.6. The van der Waals surface area contributed by atoms with Gasteiger partial charge in [-0.3, -0.25) is 0 Å². The Morgan fingerprint density at radius 2 is 1.84 bits per heavy atom. The van der Waals surface area contributed by atoms with Crippen LogP contribution >= 0.6 is 0 Å². The van der Waals surface area contributed by atoms with E-state index in [0.29, 0.717) is 11.1 Å².